The summed E-state index contributed by atoms with van der Waals surface area (Å²) >= 11 is 0. The normalized spacial score (nSPS) is 13.2. The van der Waals surface area contributed by atoms with Gasteiger partial charge in [0.2, 0.25) is 6.29 Å². The lowest BCUT2D eigenvalue weighted by Gasteiger charge is -2.19. The Morgan fingerprint density at radius 1 is 1.08 bits per heavy atom. The molecule has 78 valence electrons. The van der Waals surface area contributed by atoms with Gasteiger partial charge in [-0.2, -0.15) is 0 Å². The van der Waals surface area contributed by atoms with Crippen molar-refractivity contribution in [2.75, 3.05) is 7.11 Å². The zero-order valence-corrected chi connectivity index (χ0v) is 8.87. The van der Waals surface area contributed by atoms with Crippen molar-refractivity contribution in [2.24, 2.45) is 5.92 Å². The minimum atomic E-state index is -0.685. The summed E-state index contributed by atoms with van der Waals surface area (Å²) in [6, 6.07) is 0. The summed E-state index contributed by atoms with van der Waals surface area (Å²) in [6.45, 7) is 7.32. The van der Waals surface area contributed by atoms with Crippen LogP contribution in [-0.4, -0.2) is 25.7 Å². The first-order valence-electron chi connectivity index (χ1n) is 4.37. The molecule has 4 heteroatoms. The van der Waals surface area contributed by atoms with E-state index in [2.05, 4.69) is 0 Å². The number of rotatable bonds is 4. The van der Waals surface area contributed by atoms with Crippen LogP contribution >= 0.6 is 0 Å². The van der Waals surface area contributed by atoms with Crippen LogP contribution in [0.3, 0.4) is 0 Å². The Hall–Kier alpha value is -0.770. The van der Waals surface area contributed by atoms with Crippen molar-refractivity contribution in [3.63, 3.8) is 0 Å². The molecule has 0 rings (SSSR count). The molecule has 0 aromatic rings. The number of carbonyl (C=O) groups is 1. The Bertz CT molecular complexity index is 154. The molecule has 0 saturated carbocycles. The van der Waals surface area contributed by atoms with E-state index in [4.69, 9.17) is 14.2 Å². The highest BCUT2D eigenvalue weighted by atomic mass is 16.8. The smallest absolute Gasteiger partial charge is 0.432 e. The molecule has 0 fully saturated rings. The number of ether oxygens (including phenoxy) is 3. The molecule has 0 N–H and O–H groups in total. The number of hydrogen-bond donors (Lipinski definition) is 0. The van der Waals surface area contributed by atoms with Crippen LogP contribution in [0.2, 0.25) is 0 Å². The summed E-state index contributed by atoms with van der Waals surface area (Å²) in [7, 11) is 1.49. The fraction of sp³-hybridized carbons (Fsp3) is 0.889. The molecule has 0 aromatic heterocycles. The lowest BCUT2D eigenvalue weighted by atomic mass is 10.2. The topological polar surface area (TPSA) is 44.8 Å². The zero-order valence-electron chi connectivity index (χ0n) is 8.87. The third-order valence-electron chi connectivity index (χ3n) is 1.32. The fourth-order valence-electron chi connectivity index (χ4n) is 0.771. The number of hydrogen-bond acceptors (Lipinski definition) is 4. The van der Waals surface area contributed by atoms with E-state index in [1.54, 1.807) is 13.8 Å². The Labute approximate surface area is 79.2 Å². The molecule has 0 bridgehead atoms. The van der Waals surface area contributed by atoms with E-state index in [1.807, 2.05) is 13.8 Å². The number of methoxy groups -OCH3 is 1. The monoisotopic (exact) mass is 190 g/mol. The third-order valence-corrected chi connectivity index (χ3v) is 1.32. The Kier molecular flexibility index (Phi) is 5.46. The fourth-order valence-corrected chi connectivity index (χ4v) is 0.771. The van der Waals surface area contributed by atoms with Gasteiger partial charge in [0.1, 0.15) is 0 Å². The highest BCUT2D eigenvalue weighted by Crippen LogP contribution is 2.08. The molecule has 1 atom stereocenters. The number of carbonyl (C=O) groups excluding carboxylic acids is 1. The third kappa shape index (κ3) is 5.47. The molecule has 0 heterocycles. The van der Waals surface area contributed by atoms with E-state index < -0.39 is 12.4 Å². The summed E-state index contributed by atoms with van der Waals surface area (Å²) in [4.78, 5) is 11.0. The second kappa shape index (κ2) is 5.80. The maximum absolute atomic E-state index is 11.0. The second-order valence-electron chi connectivity index (χ2n) is 3.38. The SMILES string of the molecule is COC(OC(=O)OC(C)C)C(C)C. The van der Waals surface area contributed by atoms with E-state index >= 15 is 0 Å². The maximum atomic E-state index is 11.0. The molecule has 0 aliphatic heterocycles. The van der Waals surface area contributed by atoms with Gasteiger partial charge in [0.15, 0.2) is 0 Å². The average Bonchev–Trinajstić information content (AvgIpc) is 1.98. The molecular formula is C9H18O4. The van der Waals surface area contributed by atoms with Crippen molar-refractivity contribution in [3.8, 4) is 0 Å². The Morgan fingerprint density at radius 2 is 1.62 bits per heavy atom. The molecule has 0 amide bonds. The summed E-state index contributed by atoms with van der Waals surface area (Å²) in [5.41, 5.74) is 0. The van der Waals surface area contributed by atoms with Gasteiger partial charge in [0.25, 0.3) is 0 Å². The van der Waals surface area contributed by atoms with E-state index in [1.165, 1.54) is 7.11 Å². The van der Waals surface area contributed by atoms with Crippen molar-refractivity contribution in [2.45, 2.75) is 40.1 Å². The summed E-state index contributed by atoms with van der Waals surface area (Å²) < 4.78 is 14.6. The van der Waals surface area contributed by atoms with Gasteiger partial charge in [-0.1, -0.05) is 13.8 Å². The van der Waals surface area contributed by atoms with E-state index in [-0.39, 0.29) is 12.0 Å². The van der Waals surface area contributed by atoms with Crippen LogP contribution < -0.4 is 0 Å². The van der Waals surface area contributed by atoms with Gasteiger partial charge in [-0.05, 0) is 13.8 Å². The van der Waals surface area contributed by atoms with Gasteiger partial charge in [-0.25, -0.2) is 4.79 Å². The standard InChI is InChI=1S/C9H18O4/c1-6(2)8(11-5)13-9(10)12-7(3)4/h6-8H,1-5H3. The van der Waals surface area contributed by atoms with Crippen LogP contribution in [0, 0.1) is 5.92 Å². The minimum absolute atomic E-state index is 0.115. The molecule has 0 saturated heterocycles. The van der Waals surface area contributed by atoms with Crippen molar-refractivity contribution in [1.82, 2.24) is 0 Å². The van der Waals surface area contributed by atoms with Crippen molar-refractivity contribution >= 4 is 6.16 Å². The lowest BCUT2D eigenvalue weighted by Crippen LogP contribution is -2.27. The van der Waals surface area contributed by atoms with Crippen molar-refractivity contribution < 1.29 is 19.0 Å². The first-order valence-corrected chi connectivity index (χ1v) is 4.37. The summed E-state index contributed by atoms with van der Waals surface area (Å²) in [5, 5.41) is 0. The van der Waals surface area contributed by atoms with Crippen LogP contribution in [0.25, 0.3) is 0 Å². The van der Waals surface area contributed by atoms with E-state index in [0.29, 0.717) is 0 Å². The maximum Gasteiger partial charge on any atom is 0.510 e. The molecule has 0 spiro atoms. The van der Waals surface area contributed by atoms with Gasteiger partial charge >= 0.3 is 6.16 Å². The van der Waals surface area contributed by atoms with Gasteiger partial charge in [-0.15, -0.1) is 0 Å². The van der Waals surface area contributed by atoms with Crippen molar-refractivity contribution in [3.05, 3.63) is 0 Å². The van der Waals surface area contributed by atoms with Crippen LogP contribution in [0.4, 0.5) is 4.79 Å². The van der Waals surface area contributed by atoms with Crippen LogP contribution in [-0.2, 0) is 14.2 Å². The Balaban J connectivity index is 3.87. The molecule has 1 unspecified atom stereocenters. The second-order valence-corrected chi connectivity index (χ2v) is 3.38. The molecule has 0 radical (unpaired) electrons. The first-order chi connectivity index (χ1) is 5.97. The quantitative estimate of drug-likeness (QED) is 0.503. The van der Waals surface area contributed by atoms with Crippen LogP contribution in [0.5, 0.6) is 0 Å². The zero-order chi connectivity index (χ0) is 10.4. The van der Waals surface area contributed by atoms with E-state index in [0.717, 1.165) is 0 Å². The largest absolute Gasteiger partial charge is 0.510 e. The molecule has 0 aromatic carbocycles. The van der Waals surface area contributed by atoms with Gasteiger partial charge in [0.05, 0.1) is 6.10 Å². The molecule has 4 nitrogen and oxygen atoms in total. The van der Waals surface area contributed by atoms with Crippen LogP contribution in [0.15, 0.2) is 0 Å². The molecule has 0 aliphatic carbocycles. The summed E-state index contributed by atoms with van der Waals surface area (Å²) in [6.07, 6.45) is -1.39. The summed E-state index contributed by atoms with van der Waals surface area (Å²) in [5.74, 6) is 0.115. The van der Waals surface area contributed by atoms with Gasteiger partial charge in [0, 0.05) is 13.0 Å². The van der Waals surface area contributed by atoms with Gasteiger partial charge < -0.3 is 14.2 Å². The predicted molar refractivity (Wildman–Crippen MR) is 48.3 cm³/mol. The van der Waals surface area contributed by atoms with Crippen molar-refractivity contribution in [1.29, 1.82) is 0 Å². The van der Waals surface area contributed by atoms with E-state index in [9.17, 15) is 4.79 Å². The van der Waals surface area contributed by atoms with Crippen LogP contribution in [0.1, 0.15) is 27.7 Å². The molecule has 13 heavy (non-hydrogen) atoms. The minimum Gasteiger partial charge on any atom is -0.432 e. The molecule has 0 aliphatic rings. The Morgan fingerprint density at radius 3 is 1.92 bits per heavy atom. The predicted octanol–water partition coefficient (Wildman–Crippen LogP) is 2.18. The first kappa shape index (κ1) is 12.2. The highest BCUT2D eigenvalue weighted by molar-refractivity contribution is 5.60. The highest BCUT2D eigenvalue weighted by Gasteiger charge is 2.18. The average molecular weight is 190 g/mol. The lowest BCUT2D eigenvalue weighted by molar-refractivity contribution is -0.130. The molecular weight excluding hydrogens is 172 g/mol. The van der Waals surface area contributed by atoms with Gasteiger partial charge in [-0.3, -0.25) is 0 Å².